The molecule has 2 N–H and O–H groups in total. The first-order valence-electron chi connectivity index (χ1n) is 20.1. The Hall–Kier alpha value is -1.29. The van der Waals surface area contributed by atoms with Gasteiger partial charge < -0.3 is 52.8 Å². The Labute approximate surface area is 306 Å². The number of Topliss-reactive ketones (excluding diaryl/α,β-unsaturated/α-hetero) is 1. The van der Waals surface area contributed by atoms with E-state index in [2.05, 4.69) is 20.1 Å². The molecule has 10 heterocycles. The van der Waals surface area contributed by atoms with Crippen LogP contribution in [0.25, 0.3) is 0 Å². The van der Waals surface area contributed by atoms with Crippen LogP contribution in [0.4, 0.5) is 0 Å². The minimum Gasteiger partial charge on any atom is -0.394 e. The van der Waals surface area contributed by atoms with Crippen LogP contribution >= 0.6 is 0 Å². The normalized spacial score (nSPS) is 52.4. The average molecular weight is 731 g/mol. The number of hydrogen-bond acceptors (Lipinski definition) is 12. The summed E-state index contributed by atoms with van der Waals surface area (Å²) in [6.45, 7) is 10.7. The second-order valence-electron chi connectivity index (χ2n) is 17.4. The van der Waals surface area contributed by atoms with Crippen molar-refractivity contribution in [3.63, 3.8) is 0 Å². The summed E-state index contributed by atoms with van der Waals surface area (Å²) in [4.78, 5) is 14.0. The molecule has 10 fully saturated rings. The van der Waals surface area contributed by atoms with Crippen LogP contribution in [0.5, 0.6) is 0 Å². The number of rotatable bonds is 4. The van der Waals surface area contributed by atoms with Crippen molar-refractivity contribution in [3.05, 3.63) is 24.3 Å². The van der Waals surface area contributed by atoms with Gasteiger partial charge in [-0.15, -0.1) is 0 Å². The molecule has 0 aliphatic carbocycles. The number of methoxy groups -OCH3 is 1. The van der Waals surface area contributed by atoms with Crippen molar-refractivity contribution in [1.29, 1.82) is 0 Å². The fraction of sp³-hybridized carbons (Fsp3) is 0.875. The molecule has 12 nitrogen and oxygen atoms in total. The van der Waals surface area contributed by atoms with Crippen molar-refractivity contribution in [2.75, 3.05) is 13.7 Å². The lowest BCUT2D eigenvalue weighted by molar-refractivity contribution is -0.292. The zero-order chi connectivity index (χ0) is 35.9. The quantitative estimate of drug-likeness (QED) is 0.410. The van der Waals surface area contributed by atoms with Gasteiger partial charge in [0.05, 0.1) is 73.8 Å². The van der Waals surface area contributed by atoms with Gasteiger partial charge in [0.25, 0.3) is 0 Å². The van der Waals surface area contributed by atoms with Crippen LogP contribution in [0.3, 0.4) is 0 Å². The first-order chi connectivity index (χ1) is 25.1. The molecule has 12 heteroatoms. The summed E-state index contributed by atoms with van der Waals surface area (Å²) >= 11 is 0. The number of ketones is 1. The zero-order valence-corrected chi connectivity index (χ0v) is 30.7. The van der Waals surface area contributed by atoms with E-state index in [1.165, 1.54) is 0 Å². The average Bonchev–Trinajstić information content (AvgIpc) is 3.79. The summed E-state index contributed by atoms with van der Waals surface area (Å²) in [6, 6.07) is 0. The SMILES string of the molecule is C=C1C(C)CC2CC[C@@H]3OC(CC[C@@]45C[C@H]6OC7C(O4)[C@H]4OC(CCC4O[C@H]7C6O5)CC(=O)CC4[C@H](CC1O2)O[C@H](CC(O)CO)[C@@H]4OC)CC3=C. The lowest BCUT2D eigenvalue weighted by Gasteiger charge is -2.47. The highest BCUT2D eigenvalue weighted by molar-refractivity contribution is 5.79. The summed E-state index contributed by atoms with van der Waals surface area (Å²) in [7, 11) is 1.63. The molecule has 0 aromatic heterocycles. The molecule has 52 heavy (non-hydrogen) atoms. The topological polar surface area (TPSA) is 141 Å². The maximum Gasteiger partial charge on any atom is 0.172 e. The smallest absolute Gasteiger partial charge is 0.172 e. The van der Waals surface area contributed by atoms with Crippen molar-refractivity contribution < 1.29 is 57.6 Å². The van der Waals surface area contributed by atoms with E-state index in [1.54, 1.807) is 7.11 Å². The Kier molecular flexibility index (Phi) is 10.0. The fourth-order valence-corrected chi connectivity index (χ4v) is 11.3. The van der Waals surface area contributed by atoms with Crippen molar-refractivity contribution in [1.82, 2.24) is 0 Å². The van der Waals surface area contributed by atoms with Crippen LogP contribution in [0, 0.1) is 11.8 Å². The van der Waals surface area contributed by atoms with Gasteiger partial charge in [-0.05, 0) is 62.0 Å². The van der Waals surface area contributed by atoms with Gasteiger partial charge in [0.1, 0.15) is 36.3 Å². The molecule has 11 unspecified atom stereocenters. The van der Waals surface area contributed by atoms with Gasteiger partial charge in [0, 0.05) is 51.6 Å². The van der Waals surface area contributed by atoms with Gasteiger partial charge in [0.15, 0.2) is 5.79 Å². The summed E-state index contributed by atoms with van der Waals surface area (Å²) in [5.41, 5.74) is 2.17. The highest BCUT2D eigenvalue weighted by Crippen LogP contribution is 2.54. The van der Waals surface area contributed by atoms with E-state index in [0.717, 1.165) is 49.7 Å². The summed E-state index contributed by atoms with van der Waals surface area (Å²) < 4.78 is 59.8. The molecule has 10 saturated heterocycles. The zero-order valence-electron chi connectivity index (χ0n) is 30.7. The lowest BCUT2D eigenvalue weighted by atomic mass is 9.81. The third kappa shape index (κ3) is 6.59. The van der Waals surface area contributed by atoms with Gasteiger partial charge in [-0.2, -0.15) is 0 Å². The molecular weight excluding hydrogens is 672 g/mol. The maximum atomic E-state index is 14.0. The highest BCUT2D eigenvalue weighted by atomic mass is 16.8. The standard InChI is InChI=1S/C40H58O12/c1-19-11-24-5-7-28-20(2)12-26(45-28)9-10-40-17-33-36(51-40)37-38(50-33)39(52-40)35-29(49-37)8-6-25(47-35)13-22(42)14-27-31(16-30(46-24)21(19)3)48-32(34(27)44-4)15-23(43)18-41/h19,23-39,41,43H,2-3,5-18H2,1,4H3/t19?,23?,24?,25?,26?,27?,28-,29?,30?,31-,32+,33+,34+,35-,36?,37-,38?,39?,40-/m0/s1. The van der Waals surface area contributed by atoms with Crippen molar-refractivity contribution >= 4 is 5.78 Å². The number of aliphatic hydroxyl groups excluding tert-OH is 2. The fourth-order valence-electron chi connectivity index (χ4n) is 11.3. The molecule has 0 radical (unpaired) electrons. The van der Waals surface area contributed by atoms with Crippen LogP contribution in [-0.4, -0.2) is 133 Å². The number of carbonyl (C=O) groups is 1. The Morgan fingerprint density at radius 1 is 0.788 bits per heavy atom. The van der Waals surface area contributed by atoms with Crippen molar-refractivity contribution in [2.45, 2.75) is 194 Å². The van der Waals surface area contributed by atoms with Gasteiger partial charge in [-0.1, -0.05) is 20.1 Å². The summed E-state index contributed by atoms with van der Waals surface area (Å²) in [5.74, 6) is -0.709. The number of hydrogen-bond donors (Lipinski definition) is 2. The van der Waals surface area contributed by atoms with E-state index in [4.69, 9.17) is 42.6 Å². The summed E-state index contributed by atoms with van der Waals surface area (Å²) in [6.07, 6.45) is 4.01. The second-order valence-corrected chi connectivity index (χ2v) is 17.4. The summed E-state index contributed by atoms with van der Waals surface area (Å²) in [5, 5.41) is 20.1. The third-order valence-electron chi connectivity index (χ3n) is 13.9. The molecule has 290 valence electrons. The lowest BCUT2D eigenvalue weighted by Crippen LogP contribution is -2.61. The van der Waals surface area contributed by atoms with E-state index in [0.29, 0.717) is 25.7 Å². The molecule has 0 aromatic rings. The molecule has 10 rings (SSSR count). The van der Waals surface area contributed by atoms with Crippen LogP contribution in [0.1, 0.15) is 90.4 Å². The minimum atomic E-state index is -0.951. The molecular formula is C40H58O12. The molecule has 19 atom stereocenters. The van der Waals surface area contributed by atoms with Crippen LogP contribution in [-0.2, 0) is 47.4 Å². The third-order valence-corrected chi connectivity index (χ3v) is 13.9. The van der Waals surface area contributed by atoms with Crippen molar-refractivity contribution in [3.8, 4) is 0 Å². The number of aliphatic hydroxyl groups is 2. The van der Waals surface area contributed by atoms with E-state index in [-0.39, 0.29) is 123 Å². The molecule has 1 spiro atoms. The van der Waals surface area contributed by atoms with Gasteiger partial charge in [-0.25, -0.2) is 0 Å². The van der Waals surface area contributed by atoms with E-state index in [1.807, 2.05) is 0 Å². The van der Waals surface area contributed by atoms with Gasteiger partial charge in [0.2, 0.25) is 0 Å². The first-order valence-corrected chi connectivity index (χ1v) is 20.1. The number of ether oxygens (including phenoxy) is 9. The molecule has 10 aliphatic heterocycles. The Balaban J connectivity index is 0.994. The van der Waals surface area contributed by atoms with Gasteiger partial charge in [-0.3, -0.25) is 4.79 Å². The van der Waals surface area contributed by atoms with Crippen LogP contribution < -0.4 is 0 Å². The Morgan fingerprint density at radius 2 is 1.54 bits per heavy atom. The Morgan fingerprint density at radius 3 is 2.37 bits per heavy atom. The maximum absolute atomic E-state index is 14.0. The molecule has 12 bridgehead atoms. The molecule has 10 aliphatic rings. The first kappa shape index (κ1) is 36.4. The van der Waals surface area contributed by atoms with Crippen LogP contribution in [0.2, 0.25) is 0 Å². The largest absolute Gasteiger partial charge is 0.394 e. The predicted octanol–water partition coefficient (Wildman–Crippen LogP) is 3.47. The van der Waals surface area contributed by atoms with Crippen molar-refractivity contribution in [2.24, 2.45) is 11.8 Å². The highest BCUT2D eigenvalue weighted by Gasteiger charge is 2.68. The van der Waals surface area contributed by atoms with E-state index in [9.17, 15) is 15.0 Å². The predicted molar refractivity (Wildman–Crippen MR) is 184 cm³/mol. The van der Waals surface area contributed by atoms with Crippen LogP contribution in [0.15, 0.2) is 24.3 Å². The molecule has 0 aromatic carbocycles. The van der Waals surface area contributed by atoms with E-state index < -0.39 is 24.1 Å². The van der Waals surface area contributed by atoms with Gasteiger partial charge >= 0.3 is 0 Å². The monoisotopic (exact) mass is 730 g/mol. The Bertz CT molecular complexity index is 1370. The number of fused-ring (bicyclic) bond motifs is 6. The number of carbonyl (C=O) groups excluding carboxylic acids is 1. The second kappa shape index (κ2) is 14.3. The molecule has 0 saturated carbocycles. The molecule has 0 amide bonds. The van der Waals surface area contributed by atoms with E-state index >= 15 is 0 Å². The minimum absolute atomic E-state index is 0.0260.